The Bertz CT molecular complexity index is 300. The highest BCUT2D eigenvalue weighted by Crippen LogP contribution is 2.15. The molecule has 0 fully saturated rings. The number of hydrogen-bond donors (Lipinski definition) is 2. The largest absolute Gasteiger partial charge is 0.377 e. The third kappa shape index (κ3) is 4.46. The zero-order valence-electron chi connectivity index (χ0n) is 11.0. The van der Waals surface area contributed by atoms with Gasteiger partial charge in [0.15, 0.2) is 0 Å². The van der Waals surface area contributed by atoms with Crippen LogP contribution in [0, 0.1) is 5.92 Å². The molecule has 0 aliphatic carbocycles. The average Bonchev–Trinajstić information content (AvgIpc) is 2.34. The van der Waals surface area contributed by atoms with Gasteiger partial charge in [0.2, 0.25) is 0 Å². The molecule has 96 valence electrons. The van der Waals surface area contributed by atoms with Crippen molar-refractivity contribution in [2.75, 3.05) is 6.61 Å². The van der Waals surface area contributed by atoms with E-state index in [4.69, 9.17) is 10.6 Å². The maximum Gasteiger partial charge on any atom is 0.0767 e. The predicted octanol–water partition coefficient (Wildman–Crippen LogP) is 2.12. The minimum absolute atomic E-state index is 0.144. The fourth-order valence-corrected chi connectivity index (χ4v) is 2.10. The highest BCUT2D eigenvalue weighted by molar-refractivity contribution is 5.16. The van der Waals surface area contributed by atoms with E-state index in [9.17, 15) is 0 Å². The van der Waals surface area contributed by atoms with Gasteiger partial charge in [0.05, 0.1) is 12.1 Å². The Morgan fingerprint density at radius 3 is 2.35 bits per heavy atom. The van der Waals surface area contributed by atoms with E-state index in [-0.39, 0.29) is 12.1 Å². The molecule has 0 amide bonds. The molecule has 2 unspecified atom stereocenters. The number of ether oxygens (including phenoxy) is 1. The van der Waals surface area contributed by atoms with Crippen molar-refractivity contribution in [2.45, 2.75) is 39.3 Å². The summed E-state index contributed by atoms with van der Waals surface area (Å²) >= 11 is 0. The van der Waals surface area contributed by atoms with E-state index in [1.807, 2.05) is 25.1 Å². The maximum atomic E-state index is 5.79. The van der Waals surface area contributed by atoms with Crippen LogP contribution in [-0.4, -0.2) is 18.8 Å². The minimum Gasteiger partial charge on any atom is -0.377 e. The fraction of sp³-hybridized carbons (Fsp3) is 0.571. The lowest BCUT2D eigenvalue weighted by atomic mass is 9.94. The molecule has 0 bridgehead atoms. The predicted molar refractivity (Wildman–Crippen MR) is 71.5 cm³/mol. The molecule has 2 atom stereocenters. The summed E-state index contributed by atoms with van der Waals surface area (Å²) in [7, 11) is 0. The van der Waals surface area contributed by atoms with Gasteiger partial charge < -0.3 is 4.74 Å². The van der Waals surface area contributed by atoms with Gasteiger partial charge in [0.1, 0.15) is 0 Å². The summed E-state index contributed by atoms with van der Waals surface area (Å²) in [5.74, 6) is 6.10. The molecule has 0 spiro atoms. The van der Waals surface area contributed by atoms with Crippen LogP contribution >= 0.6 is 0 Å². The number of hydrogen-bond acceptors (Lipinski definition) is 3. The van der Waals surface area contributed by atoms with Crippen molar-refractivity contribution in [3.8, 4) is 0 Å². The van der Waals surface area contributed by atoms with Crippen molar-refractivity contribution in [3.05, 3.63) is 35.9 Å². The van der Waals surface area contributed by atoms with E-state index in [2.05, 4.69) is 31.4 Å². The average molecular weight is 236 g/mol. The maximum absolute atomic E-state index is 5.79. The second kappa shape index (κ2) is 7.43. The van der Waals surface area contributed by atoms with E-state index in [0.29, 0.717) is 5.92 Å². The van der Waals surface area contributed by atoms with Crippen LogP contribution in [0.3, 0.4) is 0 Å². The molecule has 0 heterocycles. The first kappa shape index (κ1) is 14.2. The zero-order valence-corrected chi connectivity index (χ0v) is 11.0. The van der Waals surface area contributed by atoms with Crippen molar-refractivity contribution in [2.24, 2.45) is 11.8 Å². The Labute approximate surface area is 104 Å². The van der Waals surface area contributed by atoms with Crippen LogP contribution in [0.15, 0.2) is 30.3 Å². The van der Waals surface area contributed by atoms with E-state index in [0.717, 1.165) is 13.0 Å². The Morgan fingerprint density at radius 1 is 1.24 bits per heavy atom. The molecular formula is C14H24N2O. The first-order chi connectivity index (χ1) is 8.19. The van der Waals surface area contributed by atoms with Crippen molar-refractivity contribution in [1.29, 1.82) is 0 Å². The summed E-state index contributed by atoms with van der Waals surface area (Å²) in [6.45, 7) is 7.06. The van der Waals surface area contributed by atoms with Crippen molar-refractivity contribution >= 4 is 0 Å². The number of rotatable bonds is 7. The Balaban J connectivity index is 2.69. The highest BCUT2D eigenvalue weighted by atomic mass is 16.5. The van der Waals surface area contributed by atoms with Crippen LogP contribution in [0.1, 0.15) is 26.3 Å². The molecule has 1 aromatic carbocycles. The second-order valence-electron chi connectivity index (χ2n) is 4.63. The van der Waals surface area contributed by atoms with Gasteiger partial charge >= 0.3 is 0 Å². The van der Waals surface area contributed by atoms with E-state index < -0.39 is 0 Å². The van der Waals surface area contributed by atoms with Gasteiger partial charge in [-0.1, -0.05) is 44.2 Å². The molecule has 3 N–H and O–H groups in total. The first-order valence-corrected chi connectivity index (χ1v) is 6.30. The molecule has 1 rings (SSSR count). The van der Waals surface area contributed by atoms with Gasteiger partial charge in [-0.3, -0.25) is 11.3 Å². The molecular weight excluding hydrogens is 212 g/mol. The summed E-state index contributed by atoms with van der Waals surface area (Å²) < 4.78 is 5.79. The standard InChI is InChI=1S/C14H24N2O/c1-4-17-14(11(2)3)13(16-15)10-12-8-6-5-7-9-12/h5-9,11,13-14,16H,4,10,15H2,1-3H3. The Morgan fingerprint density at radius 2 is 1.88 bits per heavy atom. The third-order valence-electron chi connectivity index (χ3n) is 2.93. The summed E-state index contributed by atoms with van der Waals surface area (Å²) in [6, 6.07) is 10.5. The molecule has 3 heteroatoms. The van der Waals surface area contributed by atoms with E-state index in [1.54, 1.807) is 0 Å². The van der Waals surface area contributed by atoms with Crippen LogP contribution in [0.2, 0.25) is 0 Å². The molecule has 0 aliphatic rings. The smallest absolute Gasteiger partial charge is 0.0767 e. The third-order valence-corrected chi connectivity index (χ3v) is 2.93. The van der Waals surface area contributed by atoms with Crippen molar-refractivity contribution < 1.29 is 4.74 Å². The van der Waals surface area contributed by atoms with E-state index in [1.165, 1.54) is 5.56 Å². The van der Waals surface area contributed by atoms with Gasteiger partial charge in [-0.05, 0) is 24.8 Å². The molecule has 3 nitrogen and oxygen atoms in total. The summed E-state index contributed by atoms with van der Waals surface area (Å²) in [5.41, 5.74) is 4.17. The van der Waals surface area contributed by atoms with E-state index >= 15 is 0 Å². The van der Waals surface area contributed by atoms with Crippen LogP contribution in [0.4, 0.5) is 0 Å². The van der Waals surface area contributed by atoms with Gasteiger partial charge in [-0.25, -0.2) is 0 Å². The normalized spacial score (nSPS) is 14.9. The monoisotopic (exact) mass is 236 g/mol. The van der Waals surface area contributed by atoms with Gasteiger partial charge in [-0.2, -0.15) is 0 Å². The lowest BCUT2D eigenvalue weighted by Crippen LogP contribution is -2.48. The Kier molecular flexibility index (Phi) is 6.19. The lowest BCUT2D eigenvalue weighted by Gasteiger charge is -2.29. The highest BCUT2D eigenvalue weighted by Gasteiger charge is 2.24. The summed E-state index contributed by atoms with van der Waals surface area (Å²) in [4.78, 5) is 0. The van der Waals surface area contributed by atoms with Gasteiger partial charge in [-0.15, -0.1) is 0 Å². The molecule has 0 aromatic heterocycles. The Hall–Kier alpha value is -0.900. The van der Waals surface area contributed by atoms with Gasteiger partial charge in [0, 0.05) is 6.61 Å². The molecule has 0 saturated carbocycles. The molecule has 0 aliphatic heterocycles. The van der Waals surface area contributed by atoms with Gasteiger partial charge in [0.25, 0.3) is 0 Å². The van der Waals surface area contributed by atoms with Crippen molar-refractivity contribution in [1.82, 2.24) is 5.43 Å². The summed E-state index contributed by atoms with van der Waals surface area (Å²) in [5, 5.41) is 0. The molecule has 1 aromatic rings. The second-order valence-corrected chi connectivity index (χ2v) is 4.63. The number of hydrazine groups is 1. The topological polar surface area (TPSA) is 47.3 Å². The molecule has 0 radical (unpaired) electrons. The lowest BCUT2D eigenvalue weighted by molar-refractivity contribution is 0.00355. The van der Waals surface area contributed by atoms with Crippen LogP contribution in [0.5, 0.6) is 0 Å². The first-order valence-electron chi connectivity index (χ1n) is 6.30. The molecule has 0 saturated heterocycles. The number of nitrogens with one attached hydrogen (secondary N) is 1. The number of benzene rings is 1. The SMILES string of the molecule is CCOC(C(C)C)C(Cc1ccccc1)NN. The fourth-order valence-electron chi connectivity index (χ4n) is 2.10. The zero-order chi connectivity index (χ0) is 12.7. The van der Waals surface area contributed by atoms with Crippen LogP contribution in [-0.2, 0) is 11.2 Å². The van der Waals surface area contributed by atoms with Crippen molar-refractivity contribution in [3.63, 3.8) is 0 Å². The quantitative estimate of drug-likeness (QED) is 0.563. The van der Waals surface area contributed by atoms with Crippen LogP contribution in [0.25, 0.3) is 0 Å². The number of nitrogens with two attached hydrogens (primary N) is 1. The summed E-state index contributed by atoms with van der Waals surface area (Å²) in [6.07, 6.45) is 1.03. The minimum atomic E-state index is 0.144. The van der Waals surface area contributed by atoms with Crippen LogP contribution < -0.4 is 11.3 Å². The molecule has 17 heavy (non-hydrogen) atoms.